The molecular formula is C11H9BrN2OS. The number of carbonyl (C=O) groups is 1. The average molecular weight is 297 g/mol. The molecule has 1 N–H and O–H groups in total. The van der Waals surface area contributed by atoms with Gasteiger partial charge >= 0.3 is 0 Å². The van der Waals surface area contributed by atoms with Gasteiger partial charge in [-0.1, -0.05) is 0 Å². The molecule has 5 heteroatoms. The van der Waals surface area contributed by atoms with Crippen molar-refractivity contribution in [2.24, 2.45) is 0 Å². The highest BCUT2D eigenvalue weighted by atomic mass is 79.9. The Morgan fingerprint density at radius 3 is 3.06 bits per heavy atom. The topological polar surface area (TPSA) is 42.0 Å². The van der Waals surface area contributed by atoms with Crippen molar-refractivity contribution in [3.8, 4) is 0 Å². The maximum Gasteiger partial charge on any atom is 0.251 e. The van der Waals surface area contributed by atoms with Crippen molar-refractivity contribution in [2.75, 3.05) is 0 Å². The van der Waals surface area contributed by atoms with Gasteiger partial charge in [0.25, 0.3) is 5.91 Å². The summed E-state index contributed by atoms with van der Waals surface area (Å²) in [6.45, 7) is 0.558. The molecule has 3 nitrogen and oxygen atoms in total. The highest BCUT2D eigenvalue weighted by Gasteiger charge is 2.05. The highest BCUT2D eigenvalue weighted by molar-refractivity contribution is 9.10. The monoisotopic (exact) mass is 296 g/mol. The second-order valence-electron chi connectivity index (χ2n) is 3.18. The van der Waals surface area contributed by atoms with Gasteiger partial charge in [0, 0.05) is 18.3 Å². The summed E-state index contributed by atoms with van der Waals surface area (Å²) in [7, 11) is 0. The van der Waals surface area contributed by atoms with Gasteiger partial charge in [0.1, 0.15) is 4.60 Å². The summed E-state index contributed by atoms with van der Waals surface area (Å²) in [5.41, 5.74) is 1.73. The third-order valence-corrected chi connectivity index (χ3v) is 3.19. The van der Waals surface area contributed by atoms with Gasteiger partial charge in [-0.05, 0) is 50.5 Å². The Labute approximate surface area is 106 Å². The Morgan fingerprint density at radius 2 is 2.38 bits per heavy atom. The zero-order chi connectivity index (χ0) is 11.4. The number of carbonyl (C=O) groups excluding carboxylic acids is 1. The largest absolute Gasteiger partial charge is 0.348 e. The first-order valence-electron chi connectivity index (χ1n) is 4.66. The molecule has 0 fully saturated rings. The standard InChI is InChI=1S/C11H9BrN2OS/c12-10-5-9(1-3-13-10)11(15)14-6-8-2-4-16-7-8/h1-5,7H,6H2,(H,14,15). The summed E-state index contributed by atoms with van der Waals surface area (Å²) in [6.07, 6.45) is 1.60. The van der Waals surface area contributed by atoms with E-state index in [9.17, 15) is 4.79 Å². The predicted molar refractivity (Wildman–Crippen MR) is 67.4 cm³/mol. The minimum absolute atomic E-state index is 0.0886. The van der Waals surface area contributed by atoms with E-state index in [2.05, 4.69) is 26.2 Å². The lowest BCUT2D eigenvalue weighted by Crippen LogP contribution is -2.22. The number of amides is 1. The summed E-state index contributed by atoms with van der Waals surface area (Å²) >= 11 is 4.85. The molecule has 2 heterocycles. The van der Waals surface area contributed by atoms with E-state index < -0.39 is 0 Å². The lowest BCUT2D eigenvalue weighted by molar-refractivity contribution is 0.0951. The zero-order valence-corrected chi connectivity index (χ0v) is 10.7. The Kier molecular flexibility index (Phi) is 3.69. The van der Waals surface area contributed by atoms with E-state index in [0.717, 1.165) is 5.56 Å². The maximum atomic E-state index is 11.7. The molecule has 0 spiro atoms. The Bertz CT molecular complexity index is 484. The second kappa shape index (κ2) is 5.23. The van der Waals surface area contributed by atoms with Gasteiger partial charge in [0.15, 0.2) is 0 Å². The summed E-state index contributed by atoms with van der Waals surface area (Å²) in [6, 6.07) is 5.38. The SMILES string of the molecule is O=C(NCc1ccsc1)c1ccnc(Br)c1. The molecule has 2 aromatic rings. The van der Waals surface area contributed by atoms with Gasteiger partial charge in [-0.15, -0.1) is 0 Å². The number of thiophene rings is 1. The number of halogens is 1. The summed E-state index contributed by atoms with van der Waals surface area (Å²) in [4.78, 5) is 15.7. The number of nitrogens with zero attached hydrogens (tertiary/aromatic N) is 1. The molecule has 16 heavy (non-hydrogen) atoms. The van der Waals surface area contributed by atoms with Gasteiger partial charge in [0.2, 0.25) is 0 Å². The number of pyridine rings is 1. The Hall–Kier alpha value is -1.20. The number of hydrogen-bond acceptors (Lipinski definition) is 3. The minimum Gasteiger partial charge on any atom is -0.348 e. The zero-order valence-electron chi connectivity index (χ0n) is 8.31. The van der Waals surface area contributed by atoms with Gasteiger partial charge in [-0.3, -0.25) is 4.79 Å². The van der Waals surface area contributed by atoms with Crippen molar-refractivity contribution in [1.82, 2.24) is 10.3 Å². The van der Waals surface area contributed by atoms with Crippen molar-refractivity contribution < 1.29 is 4.79 Å². The normalized spacial score (nSPS) is 10.1. The van der Waals surface area contributed by atoms with E-state index in [1.165, 1.54) is 0 Å². The molecule has 0 aliphatic carbocycles. The molecule has 2 rings (SSSR count). The van der Waals surface area contributed by atoms with Crippen LogP contribution in [0, 0.1) is 0 Å². The molecule has 0 saturated carbocycles. The first kappa shape index (κ1) is 11.3. The fourth-order valence-electron chi connectivity index (χ4n) is 1.22. The van der Waals surface area contributed by atoms with E-state index in [1.807, 2.05) is 16.8 Å². The second-order valence-corrected chi connectivity index (χ2v) is 4.77. The van der Waals surface area contributed by atoms with Crippen LogP contribution in [0.25, 0.3) is 0 Å². The quantitative estimate of drug-likeness (QED) is 0.885. The van der Waals surface area contributed by atoms with Crippen LogP contribution in [0.1, 0.15) is 15.9 Å². The van der Waals surface area contributed by atoms with Crippen LogP contribution in [-0.4, -0.2) is 10.9 Å². The van der Waals surface area contributed by atoms with E-state index in [1.54, 1.807) is 29.7 Å². The molecule has 0 bridgehead atoms. The van der Waals surface area contributed by atoms with Crippen LogP contribution in [0.3, 0.4) is 0 Å². The first-order valence-corrected chi connectivity index (χ1v) is 6.40. The van der Waals surface area contributed by atoms with E-state index in [4.69, 9.17) is 0 Å². The molecule has 0 saturated heterocycles. The Morgan fingerprint density at radius 1 is 1.50 bits per heavy atom. The van der Waals surface area contributed by atoms with Crippen LogP contribution in [0.4, 0.5) is 0 Å². The number of hydrogen-bond donors (Lipinski definition) is 1. The lowest BCUT2D eigenvalue weighted by atomic mass is 10.2. The molecular weight excluding hydrogens is 288 g/mol. The number of rotatable bonds is 3. The smallest absolute Gasteiger partial charge is 0.251 e. The van der Waals surface area contributed by atoms with Crippen LogP contribution >= 0.6 is 27.3 Å². The average Bonchev–Trinajstić information content (AvgIpc) is 2.78. The van der Waals surface area contributed by atoms with Crippen LogP contribution in [0.2, 0.25) is 0 Å². The van der Waals surface area contributed by atoms with E-state index in [0.29, 0.717) is 16.7 Å². The molecule has 0 aliphatic heterocycles. The molecule has 82 valence electrons. The summed E-state index contributed by atoms with van der Waals surface area (Å²) in [5, 5.41) is 6.85. The molecule has 2 aromatic heterocycles. The number of nitrogens with one attached hydrogen (secondary N) is 1. The van der Waals surface area contributed by atoms with Crippen molar-refractivity contribution >= 4 is 33.2 Å². The van der Waals surface area contributed by atoms with Crippen LogP contribution in [0.15, 0.2) is 39.8 Å². The van der Waals surface area contributed by atoms with E-state index in [-0.39, 0.29) is 5.91 Å². The summed E-state index contributed by atoms with van der Waals surface area (Å²) < 4.78 is 0.663. The lowest BCUT2D eigenvalue weighted by Gasteiger charge is -2.03. The first-order chi connectivity index (χ1) is 7.75. The van der Waals surface area contributed by atoms with Crippen molar-refractivity contribution in [1.29, 1.82) is 0 Å². The third-order valence-electron chi connectivity index (χ3n) is 2.02. The molecule has 0 radical (unpaired) electrons. The molecule has 0 atom stereocenters. The molecule has 0 aliphatic rings. The van der Waals surface area contributed by atoms with Crippen LogP contribution in [0.5, 0.6) is 0 Å². The van der Waals surface area contributed by atoms with Crippen molar-refractivity contribution in [3.63, 3.8) is 0 Å². The van der Waals surface area contributed by atoms with Gasteiger partial charge < -0.3 is 5.32 Å². The Balaban J connectivity index is 1.98. The van der Waals surface area contributed by atoms with Crippen molar-refractivity contribution in [3.05, 3.63) is 50.9 Å². The minimum atomic E-state index is -0.0886. The van der Waals surface area contributed by atoms with Crippen molar-refractivity contribution in [2.45, 2.75) is 6.54 Å². The fourth-order valence-corrected chi connectivity index (χ4v) is 2.25. The fraction of sp³-hybridized carbons (Fsp3) is 0.0909. The maximum absolute atomic E-state index is 11.7. The highest BCUT2D eigenvalue weighted by Crippen LogP contribution is 2.09. The molecule has 0 unspecified atom stereocenters. The number of aromatic nitrogens is 1. The van der Waals surface area contributed by atoms with Gasteiger partial charge in [0.05, 0.1) is 0 Å². The van der Waals surface area contributed by atoms with Crippen LogP contribution in [-0.2, 0) is 6.54 Å². The molecule has 1 amide bonds. The van der Waals surface area contributed by atoms with Crippen LogP contribution < -0.4 is 5.32 Å². The van der Waals surface area contributed by atoms with Gasteiger partial charge in [-0.2, -0.15) is 11.3 Å². The molecule has 0 aromatic carbocycles. The predicted octanol–water partition coefficient (Wildman–Crippen LogP) is 2.84. The van der Waals surface area contributed by atoms with Gasteiger partial charge in [-0.25, -0.2) is 4.98 Å². The van der Waals surface area contributed by atoms with E-state index >= 15 is 0 Å². The third kappa shape index (κ3) is 2.90. The summed E-state index contributed by atoms with van der Waals surface area (Å²) in [5.74, 6) is -0.0886.